The fraction of sp³-hybridized carbons (Fsp3) is 0.643. The van der Waals surface area contributed by atoms with Crippen LogP contribution in [0.2, 0.25) is 0 Å². The fourth-order valence-corrected chi connectivity index (χ4v) is 7.77. The van der Waals surface area contributed by atoms with Gasteiger partial charge in [0.2, 0.25) is 10.0 Å². The standard InChI is InChI=1S/C28H42N4O5S2/c1-5-38-13-12-30(39(4,36)37)17-24(33)18-31-22-10-11-23(31)16-21(15-22)29-27(34)25-14-20-8-6-7-9-26(20)32(19(2)3)28(25)35/h6-9,14,19,21-24,33H,5,10-13,15-18H2,1-4H3,(H,29,34)/t22-,23-,24?/m0/s1. The molecular weight excluding hydrogens is 536 g/mol. The molecule has 0 saturated carbocycles. The number of nitrogens with zero attached hydrogens (tertiary/aromatic N) is 3. The van der Waals surface area contributed by atoms with E-state index >= 15 is 0 Å². The smallest absolute Gasteiger partial charge is 0.264 e. The van der Waals surface area contributed by atoms with Gasteiger partial charge >= 0.3 is 0 Å². The number of thioether (sulfide) groups is 1. The quantitative estimate of drug-likeness (QED) is 0.373. The van der Waals surface area contributed by atoms with Crippen LogP contribution in [-0.4, -0.2) is 94.8 Å². The molecule has 9 nitrogen and oxygen atoms in total. The summed E-state index contributed by atoms with van der Waals surface area (Å²) in [4.78, 5) is 28.9. The molecule has 2 aliphatic heterocycles. The van der Waals surface area contributed by atoms with Gasteiger partial charge in [0, 0.05) is 49.6 Å². The van der Waals surface area contributed by atoms with E-state index in [0.29, 0.717) is 18.8 Å². The Labute approximate surface area is 236 Å². The van der Waals surface area contributed by atoms with E-state index in [1.807, 2.05) is 45.0 Å². The molecule has 216 valence electrons. The minimum atomic E-state index is -3.40. The van der Waals surface area contributed by atoms with E-state index in [4.69, 9.17) is 0 Å². The van der Waals surface area contributed by atoms with Gasteiger partial charge in [0.25, 0.3) is 11.5 Å². The van der Waals surface area contributed by atoms with Gasteiger partial charge in [-0.25, -0.2) is 8.42 Å². The number of fused-ring (bicyclic) bond motifs is 3. The molecule has 2 N–H and O–H groups in total. The number of carbonyl (C=O) groups is 1. The first kappa shape index (κ1) is 30.0. The first-order valence-electron chi connectivity index (χ1n) is 13.9. The summed E-state index contributed by atoms with van der Waals surface area (Å²) in [5.74, 6) is 1.28. The van der Waals surface area contributed by atoms with Gasteiger partial charge in [0.15, 0.2) is 0 Å². The van der Waals surface area contributed by atoms with Crippen LogP contribution in [0.5, 0.6) is 0 Å². The molecule has 2 bridgehead atoms. The molecule has 39 heavy (non-hydrogen) atoms. The Balaban J connectivity index is 1.40. The number of amides is 1. The second-order valence-electron chi connectivity index (χ2n) is 11.1. The lowest BCUT2D eigenvalue weighted by Crippen LogP contribution is -2.53. The SMILES string of the molecule is CCSCCN(CC(O)CN1[C@H]2CC[C@H]1CC(NC(=O)c1cc3ccccc3n(C(C)C)c1=O)C2)S(C)(=O)=O. The number of rotatable bonds is 12. The van der Waals surface area contributed by atoms with Crippen molar-refractivity contribution in [1.82, 2.24) is 19.1 Å². The van der Waals surface area contributed by atoms with Crippen molar-refractivity contribution in [2.45, 2.75) is 76.7 Å². The molecular formula is C28H42N4O5S2. The summed E-state index contributed by atoms with van der Waals surface area (Å²) >= 11 is 1.68. The monoisotopic (exact) mass is 578 g/mol. The third-order valence-corrected chi connectivity index (χ3v) is 10.1. The maximum Gasteiger partial charge on any atom is 0.264 e. The summed E-state index contributed by atoms with van der Waals surface area (Å²) in [5.41, 5.74) is 0.699. The van der Waals surface area contributed by atoms with E-state index in [-0.39, 0.29) is 47.7 Å². The van der Waals surface area contributed by atoms with E-state index < -0.39 is 16.1 Å². The largest absolute Gasteiger partial charge is 0.390 e. The minimum Gasteiger partial charge on any atom is -0.390 e. The van der Waals surface area contributed by atoms with Gasteiger partial charge in [-0.2, -0.15) is 16.1 Å². The molecule has 1 unspecified atom stereocenters. The maximum atomic E-state index is 13.3. The zero-order chi connectivity index (χ0) is 28.3. The van der Waals surface area contributed by atoms with Gasteiger partial charge in [-0.1, -0.05) is 25.1 Å². The van der Waals surface area contributed by atoms with E-state index in [0.717, 1.165) is 42.3 Å². The van der Waals surface area contributed by atoms with Crippen molar-refractivity contribution < 1.29 is 18.3 Å². The number of aliphatic hydroxyl groups is 1. The lowest BCUT2D eigenvalue weighted by atomic mass is 9.96. The van der Waals surface area contributed by atoms with Crippen LogP contribution < -0.4 is 10.9 Å². The van der Waals surface area contributed by atoms with Crippen LogP contribution in [0.3, 0.4) is 0 Å². The number of aliphatic hydroxyl groups excluding tert-OH is 1. The zero-order valence-electron chi connectivity index (χ0n) is 23.4. The molecule has 3 atom stereocenters. The Kier molecular flexibility index (Phi) is 9.80. The maximum absolute atomic E-state index is 13.3. The van der Waals surface area contributed by atoms with Crippen molar-refractivity contribution in [1.29, 1.82) is 0 Å². The molecule has 3 heterocycles. The fourth-order valence-electron chi connectivity index (χ4n) is 6.15. The molecule has 4 rings (SSSR count). The summed E-state index contributed by atoms with van der Waals surface area (Å²) in [6.07, 6.45) is 3.84. The number of benzene rings is 1. The Hall–Kier alpha value is -1.92. The van der Waals surface area contributed by atoms with Gasteiger partial charge in [-0.15, -0.1) is 0 Å². The molecule has 1 amide bonds. The van der Waals surface area contributed by atoms with Gasteiger partial charge in [0.1, 0.15) is 5.56 Å². The van der Waals surface area contributed by atoms with Crippen LogP contribution in [0.15, 0.2) is 35.1 Å². The predicted octanol–water partition coefficient (Wildman–Crippen LogP) is 2.68. The van der Waals surface area contributed by atoms with Crippen LogP contribution in [0.1, 0.15) is 62.9 Å². The van der Waals surface area contributed by atoms with Crippen molar-refractivity contribution in [2.75, 3.05) is 37.4 Å². The highest BCUT2D eigenvalue weighted by Crippen LogP contribution is 2.36. The highest BCUT2D eigenvalue weighted by molar-refractivity contribution is 7.99. The number of nitrogens with one attached hydrogen (secondary N) is 1. The van der Waals surface area contributed by atoms with E-state index in [2.05, 4.69) is 10.2 Å². The zero-order valence-corrected chi connectivity index (χ0v) is 25.0. The van der Waals surface area contributed by atoms with Gasteiger partial charge < -0.3 is 15.0 Å². The van der Waals surface area contributed by atoms with Crippen LogP contribution >= 0.6 is 11.8 Å². The number of para-hydroxylation sites is 1. The normalized spacial score (nSPS) is 22.6. The number of pyridine rings is 1. The molecule has 2 fully saturated rings. The molecule has 1 aromatic carbocycles. The Morgan fingerprint density at radius 3 is 2.49 bits per heavy atom. The molecule has 0 radical (unpaired) electrons. The minimum absolute atomic E-state index is 0.0552. The molecule has 2 aliphatic rings. The summed E-state index contributed by atoms with van der Waals surface area (Å²) in [6, 6.07) is 9.58. The number of hydrogen-bond acceptors (Lipinski definition) is 7. The molecule has 0 aliphatic carbocycles. The Morgan fingerprint density at radius 2 is 1.87 bits per heavy atom. The van der Waals surface area contributed by atoms with Crippen LogP contribution in [-0.2, 0) is 10.0 Å². The van der Waals surface area contributed by atoms with E-state index in [1.54, 1.807) is 22.4 Å². The van der Waals surface area contributed by atoms with Crippen molar-refractivity contribution in [3.8, 4) is 0 Å². The molecule has 1 aromatic heterocycles. The third kappa shape index (κ3) is 7.05. The second kappa shape index (κ2) is 12.7. The predicted molar refractivity (Wildman–Crippen MR) is 158 cm³/mol. The lowest BCUT2D eigenvalue weighted by molar-refractivity contribution is 0.0435. The number of carbonyl (C=O) groups excluding carboxylic acids is 1. The average molecular weight is 579 g/mol. The summed E-state index contributed by atoms with van der Waals surface area (Å²) < 4.78 is 27.5. The topological polar surface area (TPSA) is 112 Å². The van der Waals surface area contributed by atoms with Crippen LogP contribution in [0, 0.1) is 0 Å². The molecule has 2 aromatic rings. The van der Waals surface area contributed by atoms with Crippen LogP contribution in [0.4, 0.5) is 0 Å². The highest BCUT2D eigenvalue weighted by Gasteiger charge is 2.42. The number of sulfonamides is 1. The van der Waals surface area contributed by atoms with Gasteiger partial charge in [-0.05, 0) is 62.8 Å². The number of hydrogen-bond donors (Lipinski definition) is 2. The van der Waals surface area contributed by atoms with Crippen molar-refractivity contribution in [3.63, 3.8) is 0 Å². The van der Waals surface area contributed by atoms with Crippen molar-refractivity contribution in [3.05, 3.63) is 46.2 Å². The third-order valence-electron chi connectivity index (χ3n) is 7.92. The molecule has 11 heteroatoms. The lowest BCUT2D eigenvalue weighted by Gasteiger charge is -2.40. The van der Waals surface area contributed by atoms with Crippen LogP contribution in [0.25, 0.3) is 10.9 Å². The highest BCUT2D eigenvalue weighted by atomic mass is 32.2. The van der Waals surface area contributed by atoms with Gasteiger partial charge in [-0.3, -0.25) is 14.5 Å². The average Bonchev–Trinajstić information content (AvgIpc) is 3.09. The van der Waals surface area contributed by atoms with Gasteiger partial charge in [0.05, 0.1) is 17.9 Å². The van der Waals surface area contributed by atoms with E-state index in [9.17, 15) is 23.1 Å². The first-order chi connectivity index (χ1) is 18.5. The van der Waals surface area contributed by atoms with E-state index in [1.165, 1.54) is 10.6 Å². The summed E-state index contributed by atoms with van der Waals surface area (Å²) in [6.45, 7) is 6.81. The van der Waals surface area contributed by atoms with Crippen molar-refractivity contribution in [2.24, 2.45) is 0 Å². The first-order valence-corrected chi connectivity index (χ1v) is 16.9. The molecule has 0 spiro atoms. The number of aromatic nitrogens is 1. The number of piperidine rings is 1. The Morgan fingerprint density at radius 1 is 1.21 bits per heavy atom. The molecule has 2 saturated heterocycles. The second-order valence-corrected chi connectivity index (χ2v) is 14.5. The Bertz CT molecular complexity index is 1310. The van der Waals surface area contributed by atoms with Crippen molar-refractivity contribution >= 4 is 38.6 Å². The summed E-state index contributed by atoms with van der Waals surface area (Å²) in [5, 5.41) is 14.8. The summed E-state index contributed by atoms with van der Waals surface area (Å²) in [7, 11) is -3.40.